The first-order chi connectivity index (χ1) is 9.74. The molecule has 1 aromatic carbocycles. The van der Waals surface area contributed by atoms with Crippen molar-refractivity contribution in [2.24, 2.45) is 4.99 Å². The van der Waals surface area contributed by atoms with E-state index >= 15 is 0 Å². The van der Waals surface area contributed by atoms with E-state index in [2.05, 4.69) is 21.5 Å². The van der Waals surface area contributed by atoms with E-state index in [1.807, 2.05) is 32.0 Å². The molecule has 0 aliphatic heterocycles. The van der Waals surface area contributed by atoms with Crippen molar-refractivity contribution < 1.29 is 9.47 Å². The fourth-order valence-electron chi connectivity index (χ4n) is 1.59. The number of benzene rings is 1. The lowest BCUT2D eigenvalue weighted by Gasteiger charge is -2.14. The average Bonchev–Trinajstić information content (AvgIpc) is 2.46. The lowest BCUT2D eigenvalue weighted by Crippen LogP contribution is -2.30. The van der Waals surface area contributed by atoms with E-state index in [1.54, 1.807) is 7.11 Å². The van der Waals surface area contributed by atoms with Crippen LogP contribution in [0.1, 0.15) is 13.8 Å². The third-order valence-electron chi connectivity index (χ3n) is 2.40. The van der Waals surface area contributed by atoms with Crippen LogP contribution in [0.3, 0.4) is 0 Å². The first kappa shape index (κ1) is 15.7. The lowest BCUT2D eigenvalue weighted by molar-refractivity contribution is 0.311. The second-order valence-electron chi connectivity index (χ2n) is 3.82. The Morgan fingerprint density at radius 1 is 1.35 bits per heavy atom. The molecule has 0 aliphatic rings. The Morgan fingerprint density at radius 2 is 2.15 bits per heavy atom. The summed E-state index contributed by atoms with van der Waals surface area (Å²) in [4.78, 5) is 4.23. The molecule has 0 aromatic heterocycles. The monoisotopic (exact) mass is 275 g/mol. The van der Waals surface area contributed by atoms with Crippen molar-refractivity contribution in [2.45, 2.75) is 13.8 Å². The molecule has 108 valence electrons. The molecule has 0 unspecified atom stereocenters. The molecule has 0 amide bonds. The second kappa shape index (κ2) is 8.70. The molecule has 0 saturated heterocycles. The quantitative estimate of drug-likeness (QED) is 0.474. The van der Waals surface area contributed by atoms with Gasteiger partial charge in [-0.2, -0.15) is 0 Å². The number of aliphatic imine (C=N–C) groups is 1. The summed E-state index contributed by atoms with van der Waals surface area (Å²) in [6.07, 6.45) is 5.22. The molecule has 1 aromatic rings. The third-order valence-corrected chi connectivity index (χ3v) is 2.40. The number of ether oxygens (including phenoxy) is 2. The minimum Gasteiger partial charge on any atom is -0.493 e. The minimum atomic E-state index is 0.323. The van der Waals surface area contributed by atoms with Crippen LogP contribution in [0.15, 0.2) is 23.2 Å². The van der Waals surface area contributed by atoms with E-state index in [1.165, 1.54) is 0 Å². The summed E-state index contributed by atoms with van der Waals surface area (Å²) in [5, 5.41) is 6.28. The van der Waals surface area contributed by atoms with Gasteiger partial charge in [-0.15, -0.1) is 6.42 Å². The number of terminal acetylenes is 1. The molecular weight excluding hydrogens is 254 g/mol. The third kappa shape index (κ3) is 4.73. The van der Waals surface area contributed by atoms with E-state index < -0.39 is 0 Å². The van der Waals surface area contributed by atoms with Gasteiger partial charge in [0.25, 0.3) is 0 Å². The standard InChI is InChI=1S/C15H21N3O2/c1-5-10-17-15(16-6-2)18-12-8-9-13(20-7-3)14(11-12)19-4/h1,8-9,11H,6-7,10H2,2-4H3,(H2,16,17,18). The number of guanidine groups is 1. The number of anilines is 1. The SMILES string of the molecule is C#CCN=C(NCC)Nc1ccc(OCC)c(OC)c1. The summed E-state index contributed by atoms with van der Waals surface area (Å²) in [6.45, 7) is 5.59. The first-order valence-corrected chi connectivity index (χ1v) is 6.54. The normalized spacial score (nSPS) is 10.6. The highest BCUT2D eigenvalue weighted by molar-refractivity contribution is 5.94. The van der Waals surface area contributed by atoms with Crippen molar-refractivity contribution in [3.05, 3.63) is 18.2 Å². The molecule has 0 radical (unpaired) electrons. The molecule has 0 spiro atoms. The minimum absolute atomic E-state index is 0.323. The molecule has 2 N–H and O–H groups in total. The summed E-state index contributed by atoms with van der Waals surface area (Å²) < 4.78 is 10.8. The summed E-state index contributed by atoms with van der Waals surface area (Å²) in [5.74, 6) is 4.50. The second-order valence-corrected chi connectivity index (χ2v) is 3.82. The largest absolute Gasteiger partial charge is 0.493 e. The van der Waals surface area contributed by atoms with Crippen LogP contribution in [0.5, 0.6) is 11.5 Å². The van der Waals surface area contributed by atoms with Gasteiger partial charge in [0.2, 0.25) is 0 Å². The molecule has 1 rings (SSSR count). The summed E-state index contributed by atoms with van der Waals surface area (Å²) >= 11 is 0. The van der Waals surface area contributed by atoms with Crippen LogP contribution < -0.4 is 20.1 Å². The Balaban J connectivity index is 2.88. The average molecular weight is 275 g/mol. The van der Waals surface area contributed by atoms with Gasteiger partial charge in [0, 0.05) is 18.3 Å². The van der Waals surface area contributed by atoms with Crippen LogP contribution in [0.2, 0.25) is 0 Å². The van der Waals surface area contributed by atoms with Crippen molar-refractivity contribution in [2.75, 3.05) is 32.1 Å². The van der Waals surface area contributed by atoms with E-state index in [0.717, 1.165) is 12.2 Å². The van der Waals surface area contributed by atoms with Crippen molar-refractivity contribution in [1.82, 2.24) is 5.32 Å². The summed E-state index contributed by atoms with van der Waals surface area (Å²) in [5.41, 5.74) is 0.849. The van der Waals surface area contributed by atoms with Gasteiger partial charge in [0.1, 0.15) is 6.54 Å². The number of hydrogen-bond donors (Lipinski definition) is 2. The molecule has 0 atom stereocenters. The van der Waals surface area contributed by atoms with Crippen LogP contribution in [0, 0.1) is 12.3 Å². The van der Waals surface area contributed by atoms with Gasteiger partial charge in [-0.1, -0.05) is 5.92 Å². The highest BCUT2D eigenvalue weighted by atomic mass is 16.5. The van der Waals surface area contributed by atoms with Gasteiger partial charge in [0.15, 0.2) is 17.5 Å². The zero-order chi connectivity index (χ0) is 14.8. The van der Waals surface area contributed by atoms with Crippen LogP contribution in [-0.2, 0) is 0 Å². The lowest BCUT2D eigenvalue weighted by atomic mass is 10.2. The van der Waals surface area contributed by atoms with Gasteiger partial charge in [0.05, 0.1) is 13.7 Å². The molecule has 5 nitrogen and oxygen atoms in total. The Kier molecular flexibility index (Phi) is 6.83. The predicted molar refractivity (Wildman–Crippen MR) is 82.6 cm³/mol. The Morgan fingerprint density at radius 3 is 2.75 bits per heavy atom. The van der Waals surface area contributed by atoms with Crippen molar-refractivity contribution in [3.8, 4) is 23.8 Å². The van der Waals surface area contributed by atoms with Crippen LogP contribution in [-0.4, -0.2) is 32.8 Å². The smallest absolute Gasteiger partial charge is 0.196 e. The highest BCUT2D eigenvalue weighted by Gasteiger charge is 2.06. The van der Waals surface area contributed by atoms with Gasteiger partial charge in [-0.05, 0) is 26.0 Å². The molecule has 0 aliphatic carbocycles. The van der Waals surface area contributed by atoms with Crippen molar-refractivity contribution in [3.63, 3.8) is 0 Å². The zero-order valence-corrected chi connectivity index (χ0v) is 12.2. The highest BCUT2D eigenvalue weighted by Crippen LogP contribution is 2.30. The topological polar surface area (TPSA) is 54.9 Å². The van der Waals surface area contributed by atoms with Crippen LogP contribution in [0.4, 0.5) is 5.69 Å². The fraction of sp³-hybridized carbons (Fsp3) is 0.400. The first-order valence-electron chi connectivity index (χ1n) is 6.54. The van der Waals surface area contributed by atoms with Crippen molar-refractivity contribution >= 4 is 11.6 Å². The van der Waals surface area contributed by atoms with Gasteiger partial charge in [-0.3, -0.25) is 0 Å². The summed E-state index contributed by atoms with van der Waals surface area (Å²) in [7, 11) is 1.61. The number of rotatable bonds is 6. The molecule has 5 heteroatoms. The fourth-order valence-corrected chi connectivity index (χ4v) is 1.59. The molecule has 0 bridgehead atoms. The van der Waals surface area contributed by atoms with Crippen LogP contribution >= 0.6 is 0 Å². The Labute approximate surface area is 120 Å². The van der Waals surface area contributed by atoms with E-state index in [0.29, 0.717) is 30.6 Å². The van der Waals surface area contributed by atoms with E-state index in [-0.39, 0.29) is 0 Å². The summed E-state index contributed by atoms with van der Waals surface area (Å²) in [6, 6.07) is 5.61. The number of methoxy groups -OCH3 is 1. The Hall–Kier alpha value is -2.35. The number of hydrogen-bond acceptors (Lipinski definition) is 3. The number of nitrogens with zero attached hydrogens (tertiary/aromatic N) is 1. The molecule has 0 fully saturated rings. The maximum Gasteiger partial charge on any atom is 0.196 e. The van der Waals surface area contributed by atoms with Gasteiger partial charge < -0.3 is 20.1 Å². The number of nitrogens with one attached hydrogen (secondary N) is 2. The molecule has 20 heavy (non-hydrogen) atoms. The van der Waals surface area contributed by atoms with E-state index in [9.17, 15) is 0 Å². The van der Waals surface area contributed by atoms with Gasteiger partial charge in [-0.25, -0.2) is 4.99 Å². The molecule has 0 saturated carbocycles. The maximum absolute atomic E-state index is 5.48. The Bertz CT molecular complexity index is 492. The maximum atomic E-state index is 5.48. The van der Waals surface area contributed by atoms with E-state index in [4.69, 9.17) is 15.9 Å². The predicted octanol–water partition coefficient (Wildman–Crippen LogP) is 2.10. The molecular formula is C15H21N3O2. The van der Waals surface area contributed by atoms with Gasteiger partial charge >= 0.3 is 0 Å². The van der Waals surface area contributed by atoms with Crippen molar-refractivity contribution in [1.29, 1.82) is 0 Å². The molecule has 0 heterocycles. The zero-order valence-electron chi connectivity index (χ0n) is 12.2. The van der Waals surface area contributed by atoms with Crippen LogP contribution in [0.25, 0.3) is 0 Å².